The number of nitro groups is 1. The Labute approximate surface area is 174 Å². The topological polar surface area (TPSA) is 108 Å². The second-order valence-corrected chi connectivity index (χ2v) is 6.88. The van der Waals surface area contributed by atoms with Crippen LogP contribution in [0.15, 0.2) is 67.3 Å². The lowest BCUT2D eigenvalue weighted by molar-refractivity contribution is -0.383. The van der Waals surface area contributed by atoms with Gasteiger partial charge in [-0.25, -0.2) is 4.98 Å². The van der Waals surface area contributed by atoms with E-state index in [2.05, 4.69) is 20.2 Å². The molecule has 0 saturated heterocycles. The largest absolute Gasteiger partial charge is 0.298 e. The minimum Gasteiger partial charge on any atom is -0.265 e. The molecule has 0 aliphatic heterocycles. The highest BCUT2D eigenvalue weighted by Gasteiger charge is 2.22. The van der Waals surface area contributed by atoms with Crippen LogP contribution in [0.2, 0.25) is 5.02 Å². The quantitative estimate of drug-likeness (QED) is 0.306. The fraction of sp³-hybridized carbons (Fsp3) is 0. The Kier molecular flexibility index (Phi) is 4.26. The Morgan fingerprint density at radius 3 is 2.53 bits per heavy atom. The Morgan fingerprint density at radius 1 is 0.967 bits per heavy atom. The van der Waals surface area contributed by atoms with Crippen molar-refractivity contribution in [3.8, 4) is 22.5 Å². The van der Waals surface area contributed by atoms with Crippen LogP contribution < -0.4 is 0 Å². The van der Waals surface area contributed by atoms with Crippen molar-refractivity contribution >= 4 is 39.1 Å². The third kappa shape index (κ3) is 2.90. The number of fused-ring (bicyclic) bond motifs is 3. The van der Waals surface area contributed by atoms with E-state index in [1.165, 1.54) is 12.3 Å². The highest BCUT2D eigenvalue weighted by molar-refractivity contribution is 6.33. The summed E-state index contributed by atoms with van der Waals surface area (Å²) in [7, 11) is 0. The van der Waals surface area contributed by atoms with Gasteiger partial charge in [0, 0.05) is 40.0 Å². The van der Waals surface area contributed by atoms with E-state index in [0.29, 0.717) is 38.3 Å². The summed E-state index contributed by atoms with van der Waals surface area (Å²) in [6, 6.07) is 12.3. The molecule has 0 aliphatic carbocycles. The average molecular weight is 415 g/mol. The maximum Gasteiger partial charge on any atom is 0.298 e. The second-order valence-electron chi connectivity index (χ2n) is 6.48. The van der Waals surface area contributed by atoms with Gasteiger partial charge < -0.3 is 0 Å². The van der Waals surface area contributed by atoms with Gasteiger partial charge >= 0.3 is 0 Å². The van der Waals surface area contributed by atoms with E-state index in [1.54, 1.807) is 24.7 Å². The van der Waals surface area contributed by atoms with Gasteiger partial charge in [-0.2, -0.15) is 5.10 Å². The third-order valence-corrected chi connectivity index (χ3v) is 5.07. The Balaban J connectivity index is 1.98. The minimum absolute atomic E-state index is 0.163. The molecule has 8 nitrogen and oxygen atoms in total. The van der Waals surface area contributed by atoms with Gasteiger partial charge in [-0.05, 0) is 18.2 Å². The van der Waals surface area contributed by atoms with Crippen LogP contribution in [0.4, 0.5) is 5.69 Å². The summed E-state index contributed by atoms with van der Waals surface area (Å²) < 4.78 is 0. The first-order valence-electron chi connectivity index (χ1n) is 8.88. The fourth-order valence-electron chi connectivity index (χ4n) is 3.35. The van der Waals surface area contributed by atoms with Crippen LogP contribution in [0, 0.1) is 10.1 Å². The highest BCUT2D eigenvalue weighted by Crippen LogP contribution is 2.37. The van der Waals surface area contributed by atoms with Gasteiger partial charge in [0.05, 0.1) is 39.6 Å². The van der Waals surface area contributed by atoms with Crippen molar-refractivity contribution in [3.63, 3.8) is 0 Å². The predicted molar refractivity (Wildman–Crippen MR) is 113 cm³/mol. The molecule has 9 heteroatoms. The Bertz CT molecular complexity index is 1440. The zero-order valence-electron chi connectivity index (χ0n) is 15.2. The van der Waals surface area contributed by atoms with Crippen LogP contribution in [0.5, 0.6) is 0 Å². The maximum atomic E-state index is 11.7. The Hall–Kier alpha value is -4.04. The number of halogens is 1. The number of non-ortho nitro benzene ring substituents is 1. The third-order valence-electron chi connectivity index (χ3n) is 4.74. The average Bonchev–Trinajstić information content (AvgIpc) is 3.17. The molecule has 0 aliphatic rings. The zero-order valence-corrected chi connectivity index (χ0v) is 16.0. The number of hydrogen-bond donors (Lipinski definition) is 0. The van der Waals surface area contributed by atoms with Gasteiger partial charge in [0.2, 0.25) is 0 Å². The number of aromatic nitrogens is 5. The van der Waals surface area contributed by atoms with Crippen molar-refractivity contribution < 1.29 is 4.92 Å². The van der Waals surface area contributed by atoms with E-state index in [1.807, 2.05) is 30.3 Å². The monoisotopic (exact) mass is 414 g/mol. The van der Waals surface area contributed by atoms with Crippen LogP contribution in [-0.2, 0) is 0 Å². The summed E-state index contributed by atoms with van der Waals surface area (Å²) in [5, 5.41) is 20.9. The number of benzene rings is 2. The molecule has 0 radical (unpaired) electrons. The lowest BCUT2D eigenvalue weighted by Gasteiger charge is -2.06. The predicted octanol–water partition coefficient (Wildman–Crippen LogP) is 4.86. The molecule has 0 fully saturated rings. The molecule has 144 valence electrons. The van der Waals surface area contributed by atoms with Gasteiger partial charge in [-0.15, -0.1) is 5.10 Å². The number of rotatable bonds is 3. The van der Waals surface area contributed by atoms with Crippen LogP contribution in [0.1, 0.15) is 0 Å². The molecule has 5 rings (SSSR count). The van der Waals surface area contributed by atoms with E-state index in [4.69, 9.17) is 16.6 Å². The van der Waals surface area contributed by atoms with Gasteiger partial charge in [0.25, 0.3) is 5.69 Å². The molecule has 0 spiro atoms. The van der Waals surface area contributed by atoms with Gasteiger partial charge in [-0.3, -0.25) is 20.1 Å². The smallest absolute Gasteiger partial charge is 0.265 e. The van der Waals surface area contributed by atoms with E-state index < -0.39 is 4.92 Å². The lowest BCUT2D eigenvalue weighted by atomic mass is 10.0. The first-order valence-corrected chi connectivity index (χ1v) is 9.26. The van der Waals surface area contributed by atoms with E-state index in [0.717, 1.165) is 5.56 Å². The maximum absolute atomic E-state index is 11.7. The summed E-state index contributed by atoms with van der Waals surface area (Å²) in [5.41, 5.74) is 3.01. The molecule has 0 N–H and O–H groups in total. The fourth-order valence-corrected chi connectivity index (χ4v) is 3.58. The van der Waals surface area contributed by atoms with Gasteiger partial charge in [-0.1, -0.05) is 29.8 Å². The summed E-state index contributed by atoms with van der Waals surface area (Å²) in [5.74, 6) is 0. The lowest BCUT2D eigenvalue weighted by Crippen LogP contribution is -1.92. The minimum atomic E-state index is -0.483. The molecule has 30 heavy (non-hydrogen) atoms. The van der Waals surface area contributed by atoms with Crippen molar-refractivity contribution in [2.45, 2.75) is 0 Å². The second kappa shape index (κ2) is 7.09. The zero-order chi connectivity index (χ0) is 20.7. The van der Waals surface area contributed by atoms with Crippen LogP contribution in [0.3, 0.4) is 0 Å². The summed E-state index contributed by atoms with van der Waals surface area (Å²) in [6.45, 7) is 0. The molecule has 2 aromatic carbocycles. The molecule has 0 bridgehead atoms. The first kappa shape index (κ1) is 18.0. The molecular formula is C21H11ClN6O2. The van der Waals surface area contributed by atoms with Gasteiger partial charge in [0.1, 0.15) is 0 Å². The normalized spacial score (nSPS) is 11.1. The number of hydrogen-bond acceptors (Lipinski definition) is 7. The van der Waals surface area contributed by atoms with E-state index in [-0.39, 0.29) is 11.2 Å². The van der Waals surface area contributed by atoms with Gasteiger partial charge in [0.15, 0.2) is 5.52 Å². The molecule has 0 atom stereocenters. The standard InChI is InChI=1S/C21H11ClN6O2/c22-16-4-2-1-3-13(16)20-14-9-18(28(29)30)21-15(10-25-27-21)19(14)24-11-17(26-20)12-5-7-23-8-6-12/h1-11H. The molecule has 0 unspecified atom stereocenters. The van der Waals surface area contributed by atoms with Crippen LogP contribution in [0.25, 0.3) is 44.3 Å². The number of nitro benzene ring substituents is 1. The molecular weight excluding hydrogens is 404 g/mol. The van der Waals surface area contributed by atoms with Crippen molar-refractivity contribution in [2.75, 3.05) is 0 Å². The first-order chi connectivity index (χ1) is 14.6. The van der Waals surface area contributed by atoms with E-state index >= 15 is 0 Å². The SMILES string of the molecule is O=[N+]([O-])c1cc2c(-c3ccccc3Cl)nc(-c3ccncc3)cnc2c2cnnc12. The molecule has 5 aromatic rings. The molecule has 3 aromatic heterocycles. The molecule has 0 amide bonds. The summed E-state index contributed by atoms with van der Waals surface area (Å²) >= 11 is 6.47. The number of pyridine rings is 1. The van der Waals surface area contributed by atoms with Crippen molar-refractivity contribution in [3.05, 3.63) is 82.4 Å². The van der Waals surface area contributed by atoms with Crippen molar-refractivity contribution in [1.29, 1.82) is 0 Å². The summed E-state index contributed by atoms with van der Waals surface area (Å²) in [4.78, 5) is 24.7. The van der Waals surface area contributed by atoms with E-state index in [9.17, 15) is 10.1 Å². The van der Waals surface area contributed by atoms with Crippen LogP contribution >= 0.6 is 11.6 Å². The Morgan fingerprint density at radius 2 is 1.77 bits per heavy atom. The van der Waals surface area contributed by atoms with Crippen molar-refractivity contribution in [1.82, 2.24) is 25.1 Å². The highest BCUT2D eigenvalue weighted by atomic mass is 35.5. The number of nitrogens with zero attached hydrogens (tertiary/aromatic N) is 6. The molecule has 0 saturated carbocycles. The molecule has 3 heterocycles. The van der Waals surface area contributed by atoms with Crippen LogP contribution in [-0.4, -0.2) is 30.1 Å². The van der Waals surface area contributed by atoms with Crippen molar-refractivity contribution in [2.24, 2.45) is 0 Å². The summed E-state index contributed by atoms with van der Waals surface area (Å²) in [6.07, 6.45) is 6.41.